The molecular formula is C21H24F3N5O3. The van der Waals surface area contributed by atoms with Crippen LogP contribution in [0, 0.1) is 6.92 Å². The van der Waals surface area contributed by atoms with Crippen LogP contribution in [0.15, 0.2) is 30.3 Å². The number of para-hydroxylation sites is 1. The fourth-order valence-corrected chi connectivity index (χ4v) is 3.77. The van der Waals surface area contributed by atoms with E-state index < -0.39 is 18.0 Å². The Hall–Kier alpha value is -3.08. The highest BCUT2D eigenvalue weighted by Crippen LogP contribution is 2.28. The smallest absolute Gasteiger partial charge is 0.405 e. The number of morpholine rings is 1. The molecular weight excluding hydrogens is 427 g/mol. The lowest BCUT2D eigenvalue weighted by Crippen LogP contribution is -2.49. The number of hydrogen-bond acceptors (Lipinski definition) is 7. The molecule has 2 aromatic rings. The normalized spacial score (nSPS) is 17.4. The van der Waals surface area contributed by atoms with Crippen LogP contribution in [0.5, 0.6) is 5.75 Å². The summed E-state index contributed by atoms with van der Waals surface area (Å²) in [6.45, 7) is 6.35. The van der Waals surface area contributed by atoms with E-state index in [1.165, 1.54) is 23.1 Å². The van der Waals surface area contributed by atoms with Gasteiger partial charge in [-0.15, -0.1) is 13.2 Å². The molecule has 2 saturated heterocycles. The molecule has 11 heteroatoms. The maximum absolute atomic E-state index is 12.9. The average Bonchev–Trinajstić information content (AvgIpc) is 2.78. The van der Waals surface area contributed by atoms with Gasteiger partial charge in [0, 0.05) is 51.0 Å². The number of nitrogens with zero attached hydrogens (tertiary/aromatic N) is 5. The highest BCUT2D eigenvalue weighted by molar-refractivity contribution is 5.97. The van der Waals surface area contributed by atoms with E-state index in [9.17, 15) is 18.0 Å². The minimum Gasteiger partial charge on any atom is -0.405 e. The van der Waals surface area contributed by atoms with E-state index in [0.29, 0.717) is 45.3 Å². The molecule has 32 heavy (non-hydrogen) atoms. The number of benzene rings is 1. The van der Waals surface area contributed by atoms with Crippen molar-refractivity contribution in [1.82, 2.24) is 14.9 Å². The summed E-state index contributed by atoms with van der Waals surface area (Å²) in [7, 11) is 0. The van der Waals surface area contributed by atoms with Gasteiger partial charge in [-0.1, -0.05) is 12.1 Å². The predicted molar refractivity (Wildman–Crippen MR) is 111 cm³/mol. The number of rotatable bonds is 4. The second-order valence-corrected chi connectivity index (χ2v) is 7.59. The van der Waals surface area contributed by atoms with Crippen LogP contribution in [0.4, 0.5) is 24.9 Å². The summed E-state index contributed by atoms with van der Waals surface area (Å²) < 4.78 is 47.5. The molecule has 172 valence electrons. The molecule has 0 saturated carbocycles. The summed E-state index contributed by atoms with van der Waals surface area (Å²) in [5.41, 5.74) is 0.735. The first-order valence-electron chi connectivity index (χ1n) is 10.4. The van der Waals surface area contributed by atoms with Gasteiger partial charge >= 0.3 is 6.36 Å². The number of alkyl halides is 3. The van der Waals surface area contributed by atoms with E-state index in [0.717, 1.165) is 30.7 Å². The largest absolute Gasteiger partial charge is 0.573 e. The maximum atomic E-state index is 12.9. The first kappa shape index (κ1) is 22.1. The first-order chi connectivity index (χ1) is 15.3. The molecule has 0 unspecified atom stereocenters. The van der Waals surface area contributed by atoms with Crippen molar-refractivity contribution in [1.29, 1.82) is 0 Å². The summed E-state index contributed by atoms with van der Waals surface area (Å²) in [5.74, 6) is 0.443. The highest BCUT2D eigenvalue weighted by Gasteiger charge is 2.34. The Morgan fingerprint density at radius 2 is 1.69 bits per heavy atom. The number of carbonyl (C=O) groups excluding carboxylic acids is 1. The molecule has 4 rings (SSSR count). The third kappa shape index (κ3) is 5.21. The summed E-state index contributed by atoms with van der Waals surface area (Å²) in [6, 6.07) is 7.31. The van der Waals surface area contributed by atoms with Crippen molar-refractivity contribution < 1.29 is 27.4 Å². The first-order valence-corrected chi connectivity index (χ1v) is 10.4. The second-order valence-electron chi connectivity index (χ2n) is 7.59. The Labute approximate surface area is 183 Å². The van der Waals surface area contributed by atoms with E-state index >= 15 is 0 Å². The van der Waals surface area contributed by atoms with E-state index in [4.69, 9.17) is 9.72 Å². The quantitative estimate of drug-likeness (QED) is 0.707. The molecule has 1 aromatic carbocycles. The molecule has 2 fully saturated rings. The van der Waals surface area contributed by atoms with Gasteiger partial charge in [-0.05, 0) is 19.1 Å². The topological polar surface area (TPSA) is 71.0 Å². The number of aryl methyl sites for hydroxylation is 1. The highest BCUT2D eigenvalue weighted by atomic mass is 19.4. The van der Waals surface area contributed by atoms with Gasteiger partial charge in [0.15, 0.2) is 0 Å². The van der Waals surface area contributed by atoms with Gasteiger partial charge in [-0.25, -0.2) is 4.98 Å². The zero-order valence-corrected chi connectivity index (χ0v) is 17.6. The number of piperazine rings is 1. The summed E-state index contributed by atoms with van der Waals surface area (Å²) in [5, 5.41) is 0. The van der Waals surface area contributed by atoms with Gasteiger partial charge in [0.25, 0.3) is 5.91 Å². The standard InChI is InChI=1S/C21H24F3N5O3/c1-15-14-18(26-20(25-15)29-10-12-31-13-11-29)27-6-8-28(9-7-27)19(30)16-4-2-3-5-17(16)32-21(22,23)24/h2-5,14H,6-13H2,1H3. The molecule has 3 heterocycles. The molecule has 0 atom stereocenters. The molecule has 8 nitrogen and oxygen atoms in total. The van der Waals surface area contributed by atoms with Crippen molar-refractivity contribution in [2.75, 3.05) is 62.3 Å². The van der Waals surface area contributed by atoms with Crippen molar-refractivity contribution in [2.24, 2.45) is 0 Å². The van der Waals surface area contributed by atoms with Crippen LogP contribution in [0.25, 0.3) is 0 Å². The van der Waals surface area contributed by atoms with E-state index in [1.807, 2.05) is 13.0 Å². The van der Waals surface area contributed by atoms with E-state index in [-0.39, 0.29) is 5.56 Å². The maximum Gasteiger partial charge on any atom is 0.573 e. The molecule has 2 aliphatic heterocycles. The Morgan fingerprint density at radius 3 is 2.38 bits per heavy atom. The molecule has 0 N–H and O–H groups in total. The van der Waals surface area contributed by atoms with Gasteiger partial charge in [-0.2, -0.15) is 4.98 Å². The van der Waals surface area contributed by atoms with E-state index in [1.54, 1.807) is 0 Å². The zero-order valence-electron chi connectivity index (χ0n) is 17.6. The Bertz CT molecular complexity index is 958. The zero-order chi connectivity index (χ0) is 22.7. The average molecular weight is 451 g/mol. The lowest BCUT2D eigenvalue weighted by molar-refractivity contribution is -0.274. The van der Waals surface area contributed by atoms with Crippen LogP contribution in [-0.4, -0.2) is 79.6 Å². The fourth-order valence-electron chi connectivity index (χ4n) is 3.77. The molecule has 0 aliphatic carbocycles. The van der Waals surface area contributed by atoms with Crippen molar-refractivity contribution in [3.05, 3.63) is 41.6 Å². The minimum atomic E-state index is -4.86. The number of ether oxygens (including phenoxy) is 2. The Balaban J connectivity index is 1.44. The number of anilines is 2. The minimum absolute atomic E-state index is 0.106. The van der Waals surface area contributed by atoms with Crippen LogP contribution in [0.1, 0.15) is 16.1 Å². The van der Waals surface area contributed by atoms with Crippen LogP contribution in [0.3, 0.4) is 0 Å². The Morgan fingerprint density at radius 1 is 1.00 bits per heavy atom. The van der Waals surface area contributed by atoms with Crippen LogP contribution in [-0.2, 0) is 4.74 Å². The van der Waals surface area contributed by atoms with Crippen molar-refractivity contribution >= 4 is 17.7 Å². The van der Waals surface area contributed by atoms with Gasteiger partial charge in [0.05, 0.1) is 18.8 Å². The summed E-state index contributed by atoms with van der Waals surface area (Å²) >= 11 is 0. The second kappa shape index (κ2) is 9.19. The molecule has 2 aliphatic rings. The summed E-state index contributed by atoms with van der Waals surface area (Å²) in [4.78, 5) is 27.8. The fraction of sp³-hybridized carbons (Fsp3) is 0.476. The number of halogens is 3. The van der Waals surface area contributed by atoms with E-state index in [2.05, 4.69) is 19.5 Å². The van der Waals surface area contributed by atoms with Crippen molar-refractivity contribution in [3.8, 4) is 5.75 Å². The molecule has 0 radical (unpaired) electrons. The van der Waals surface area contributed by atoms with Gasteiger partial charge < -0.3 is 24.2 Å². The predicted octanol–water partition coefficient (Wildman–Crippen LogP) is 2.48. The number of amides is 1. The van der Waals surface area contributed by atoms with Crippen LogP contribution in [0.2, 0.25) is 0 Å². The van der Waals surface area contributed by atoms with Gasteiger partial charge in [0.2, 0.25) is 5.95 Å². The lowest BCUT2D eigenvalue weighted by Gasteiger charge is -2.36. The van der Waals surface area contributed by atoms with Gasteiger partial charge in [-0.3, -0.25) is 4.79 Å². The molecule has 0 bridgehead atoms. The van der Waals surface area contributed by atoms with Crippen LogP contribution < -0.4 is 14.5 Å². The third-order valence-corrected chi connectivity index (χ3v) is 5.36. The molecule has 1 amide bonds. The molecule has 1 aromatic heterocycles. The monoisotopic (exact) mass is 451 g/mol. The number of hydrogen-bond donors (Lipinski definition) is 0. The summed E-state index contributed by atoms with van der Waals surface area (Å²) in [6.07, 6.45) is -4.86. The SMILES string of the molecule is Cc1cc(N2CCN(C(=O)c3ccccc3OC(F)(F)F)CC2)nc(N2CCOCC2)n1. The third-order valence-electron chi connectivity index (χ3n) is 5.36. The Kier molecular flexibility index (Phi) is 6.35. The lowest BCUT2D eigenvalue weighted by atomic mass is 10.1. The number of carbonyl (C=O) groups is 1. The number of aromatic nitrogens is 2. The van der Waals surface area contributed by atoms with Gasteiger partial charge in [0.1, 0.15) is 11.6 Å². The molecule has 0 spiro atoms. The van der Waals surface area contributed by atoms with Crippen LogP contribution >= 0.6 is 0 Å². The van der Waals surface area contributed by atoms with Crippen molar-refractivity contribution in [2.45, 2.75) is 13.3 Å². The van der Waals surface area contributed by atoms with Crippen molar-refractivity contribution in [3.63, 3.8) is 0 Å².